The molecule has 0 unspecified atom stereocenters. The molecular formula is C18H11Cl2N3O3. The monoisotopic (exact) mass is 387 g/mol. The number of benzene rings is 2. The van der Waals surface area contributed by atoms with Gasteiger partial charge in [-0.3, -0.25) is 9.78 Å². The van der Waals surface area contributed by atoms with E-state index >= 15 is 0 Å². The van der Waals surface area contributed by atoms with E-state index in [4.69, 9.17) is 27.9 Å². The van der Waals surface area contributed by atoms with E-state index < -0.39 is 11.9 Å². The summed E-state index contributed by atoms with van der Waals surface area (Å²) < 4.78 is 5.28. The number of ether oxygens (including phenoxy) is 1. The van der Waals surface area contributed by atoms with Crippen LogP contribution in [0, 0.1) is 0 Å². The molecule has 26 heavy (non-hydrogen) atoms. The van der Waals surface area contributed by atoms with Crippen LogP contribution in [0.4, 0.5) is 5.69 Å². The first-order valence-electron chi connectivity index (χ1n) is 7.37. The van der Waals surface area contributed by atoms with Gasteiger partial charge in [-0.15, -0.1) is 0 Å². The van der Waals surface area contributed by atoms with Crippen LogP contribution in [-0.4, -0.2) is 21.8 Å². The van der Waals surface area contributed by atoms with Crippen molar-refractivity contribution in [2.75, 3.05) is 5.32 Å². The largest absolute Gasteiger partial charge is 0.421 e. The molecule has 1 heterocycles. The quantitative estimate of drug-likeness (QED) is 0.534. The minimum Gasteiger partial charge on any atom is -0.421 e. The number of hydrogen-bond acceptors (Lipinski definition) is 5. The van der Waals surface area contributed by atoms with Crippen molar-refractivity contribution in [2.24, 2.45) is 0 Å². The molecule has 1 amide bonds. The lowest BCUT2D eigenvalue weighted by molar-refractivity contribution is 0.0726. The average Bonchev–Trinajstić information content (AvgIpc) is 2.65. The van der Waals surface area contributed by atoms with E-state index in [1.807, 2.05) is 0 Å². The zero-order chi connectivity index (χ0) is 18.5. The molecule has 0 fully saturated rings. The molecule has 1 N–H and O–H groups in total. The van der Waals surface area contributed by atoms with Crippen LogP contribution < -0.4 is 10.1 Å². The summed E-state index contributed by atoms with van der Waals surface area (Å²) in [5.74, 6) is -1.17. The van der Waals surface area contributed by atoms with Crippen LogP contribution in [-0.2, 0) is 0 Å². The number of hydrogen-bond donors (Lipinski definition) is 1. The predicted octanol–water partition coefficient (Wildman–Crippen LogP) is 4.25. The maximum absolute atomic E-state index is 12.6. The number of esters is 1. The van der Waals surface area contributed by atoms with Gasteiger partial charge in [-0.2, -0.15) is 0 Å². The van der Waals surface area contributed by atoms with Crippen molar-refractivity contribution in [1.82, 2.24) is 9.97 Å². The molecule has 0 spiro atoms. The first-order valence-corrected chi connectivity index (χ1v) is 8.13. The average molecular weight is 388 g/mol. The second kappa shape index (κ2) is 7.95. The lowest BCUT2D eigenvalue weighted by atomic mass is 10.1. The summed E-state index contributed by atoms with van der Waals surface area (Å²) in [7, 11) is 0. The number of nitrogens with one attached hydrogen (secondary N) is 1. The Morgan fingerprint density at radius 1 is 0.962 bits per heavy atom. The second-order valence-corrected chi connectivity index (χ2v) is 5.95. The van der Waals surface area contributed by atoms with Crippen LogP contribution in [0.25, 0.3) is 0 Å². The van der Waals surface area contributed by atoms with Crippen molar-refractivity contribution in [1.29, 1.82) is 0 Å². The van der Waals surface area contributed by atoms with E-state index in [9.17, 15) is 9.59 Å². The lowest BCUT2D eigenvalue weighted by Gasteiger charge is -2.11. The van der Waals surface area contributed by atoms with Gasteiger partial charge in [0.1, 0.15) is 5.75 Å². The van der Waals surface area contributed by atoms with Gasteiger partial charge in [-0.05, 0) is 42.5 Å². The molecule has 0 atom stereocenters. The summed E-state index contributed by atoms with van der Waals surface area (Å²) in [6.45, 7) is 0. The molecule has 8 heteroatoms. The third kappa shape index (κ3) is 4.36. The maximum Gasteiger partial charge on any atom is 0.363 e. The molecule has 1 aromatic heterocycles. The minimum atomic E-state index is -0.735. The molecule has 0 radical (unpaired) electrons. The van der Waals surface area contributed by atoms with Crippen LogP contribution in [0.3, 0.4) is 0 Å². The predicted molar refractivity (Wildman–Crippen MR) is 97.8 cm³/mol. The van der Waals surface area contributed by atoms with Crippen molar-refractivity contribution in [3.05, 3.63) is 82.4 Å². The molecule has 3 aromatic rings. The Morgan fingerprint density at radius 3 is 2.38 bits per heavy atom. The van der Waals surface area contributed by atoms with Crippen molar-refractivity contribution in [2.45, 2.75) is 0 Å². The van der Waals surface area contributed by atoms with Crippen LogP contribution in [0.5, 0.6) is 5.75 Å². The number of carbonyl (C=O) groups excluding carboxylic acids is 2. The molecule has 0 aliphatic rings. The highest BCUT2D eigenvalue weighted by Gasteiger charge is 2.18. The number of amides is 1. The Morgan fingerprint density at radius 2 is 1.69 bits per heavy atom. The summed E-state index contributed by atoms with van der Waals surface area (Å²) in [5.41, 5.74) is 0.654. The van der Waals surface area contributed by atoms with Gasteiger partial charge in [0.2, 0.25) is 0 Å². The minimum absolute atomic E-state index is 0.0199. The summed E-state index contributed by atoms with van der Waals surface area (Å²) in [5, 5.41) is 3.56. The zero-order valence-electron chi connectivity index (χ0n) is 13.1. The van der Waals surface area contributed by atoms with Crippen molar-refractivity contribution < 1.29 is 14.3 Å². The first kappa shape index (κ1) is 17.8. The summed E-state index contributed by atoms with van der Waals surface area (Å²) in [4.78, 5) is 32.4. The van der Waals surface area contributed by atoms with E-state index in [0.29, 0.717) is 15.7 Å². The van der Waals surface area contributed by atoms with E-state index in [1.165, 1.54) is 36.8 Å². The van der Waals surface area contributed by atoms with Crippen LogP contribution in [0.2, 0.25) is 10.0 Å². The smallest absolute Gasteiger partial charge is 0.363 e. The highest BCUT2D eigenvalue weighted by molar-refractivity contribution is 6.31. The standard InChI is InChI=1S/C18H11Cl2N3O3/c19-11-1-4-13(5-2-11)23-17(24)14-9-12(20)3-6-16(14)26-18(25)15-10-21-7-8-22-15/h1-10H,(H,23,24). The molecule has 0 saturated heterocycles. The second-order valence-electron chi connectivity index (χ2n) is 5.08. The van der Waals surface area contributed by atoms with E-state index in [1.54, 1.807) is 24.3 Å². The van der Waals surface area contributed by atoms with Gasteiger partial charge in [-0.1, -0.05) is 23.2 Å². The Labute approximate surface area is 158 Å². The van der Waals surface area contributed by atoms with E-state index in [-0.39, 0.29) is 17.0 Å². The molecule has 2 aromatic carbocycles. The molecule has 6 nitrogen and oxygen atoms in total. The van der Waals surface area contributed by atoms with Gasteiger partial charge in [0.05, 0.1) is 11.8 Å². The normalized spacial score (nSPS) is 10.2. The number of carbonyl (C=O) groups is 2. The number of aromatic nitrogens is 2. The topological polar surface area (TPSA) is 81.2 Å². The SMILES string of the molecule is O=C(Oc1ccc(Cl)cc1C(=O)Nc1ccc(Cl)cc1)c1cnccn1. The fourth-order valence-electron chi connectivity index (χ4n) is 2.06. The van der Waals surface area contributed by atoms with Crippen LogP contribution >= 0.6 is 23.2 Å². The molecule has 0 saturated carbocycles. The summed E-state index contributed by atoms with van der Waals surface area (Å²) in [6, 6.07) is 10.9. The summed E-state index contributed by atoms with van der Waals surface area (Å²) in [6.07, 6.45) is 4.07. The molecule has 130 valence electrons. The van der Waals surface area contributed by atoms with Gasteiger partial charge >= 0.3 is 5.97 Å². The molecule has 0 aliphatic carbocycles. The Bertz CT molecular complexity index is 948. The number of nitrogens with zero attached hydrogens (tertiary/aromatic N) is 2. The third-order valence-corrected chi connectivity index (χ3v) is 3.75. The molecular weight excluding hydrogens is 377 g/mol. The highest BCUT2D eigenvalue weighted by Crippen LogP contribution is 2.25. The molecule has 0 aliphatic heterocycles. The lowest BCUT2D eigenvalue weighted by Crippen LogP contribution is -2.17. The van der Waals surface area contributed by atoms with Crippen molar-refractivity contribution in [3.8, 4) is 5.75 Å². The van der Waals surface area contributed by atoms with E-state index in [2.05, 4.69) is 15.3 Å². The van der Waals surface area contributed by atoms with Gasteiger partial charge in [0.15, 0.2) is 5.69 Å². The number of rotatable bonds is 4. The van der Waals surface area contributed by atoms with Crippen molar-refractivity contribution >= 4 is 40.8 Å². The van der Waals surface area contributed by atoms with E-state index in [0.717, 1.165) is 0 Å². The first-order chi connectivity index (χ1) is 12.5. The van der Waals surface area contributed by atoms with Crippen LogP contribution in [0.1, 0.15) is 20.8 Å². The molecule has 0 bridgehead atoms. The fourth-order valence-corrected chi connectivity index (χ4v) is 2.36. The number of halogens is 2. The Hall–Kier alpha value is -2.96. The zero-order valence-corrected chi connectivity index (χ0v) is 14.7. The molecule has 3 rings (SSSR count). The summed E-state index contributed by atoms with van der Waals surface area (Å²) >= 11 is 11.8. The van der Waals surface area contributed by atoms with Crippen LogP contribution in [0.15, 0.2) is 61.1 Å². The fraction of sp³-hybridized carbons (Fsp3) is 0. The van der Waals surface area contributed by atoms with Gasteiger partial charge in [-0.25, -0.2) is 9.78 Å². The Kier molecular flexibility index (Phi) is 5.46. The van der Waals surface area contributed by atoms with Gasteiger partial charge in [0.25, 0.3) is 5.91 Å². The highest BCUT2D eigenvalue weighted by atomic mass is 35.5. The van der Waals surface area contributed by atoms with Crippen molar-refractivity contribution in [3.63, 3.8) is 0 Å². The Balaban J connectivity index is 1.84. The number of anilines is 1. The van der Waals surface area contributed by atoms with Gasteiger partial charge in [0, 0.05) is 28.1 Å². The third-order valence-electron chi connectivity index (χ3n) is 3.26. The van der Waals surface area contributed by atoms with Gasteiger partial charge < -0.3 is 10.1 Å². The maximum atomic E-state index is 12.6.